The number of carbonyl (C=O) groups is 3. The highest BCUT2D eigenvalue weighted by Crippen LogP contribution is 2.52. The number of aromatic hydroxyl groups is 1. The second kappa shape index (κ2) is 9.58. The maximum Gasteiger partial charge on any atom is 0.315 e. The third kappa shape index (κ3) is 5.14. The number of esters is 1. The predicted molar refractivity (Wildman–Crippen MR) is 129 cm³/mol. The fourth-order valence-corrected chi connectivity index (χ4v) is 5.61. The van der Waals surface area contributed by atoms with Crippen LogP contribution in [0.5, 0.6) is 5.75 Å². The summed E-state index contributed by atoms with van der Waals surface area (Å²) in [6.45, 7) is 7.22. The summed E-state index contributed by atoms with van der Waals surface area (Å²) in [6, 6.07) is 8.15. The van der Waals surface area contributed by atoms with Crippen molar-refractivity contribution in [2.24, 2.45) is 5.92 Å². The first-order chi connectivity index (χ1) is 16.1. The molecule has 3 N–H and O–H groups in total. The van der Waals surface area contributed by atoms with Gasteiger partial charge in [-0.2, -0.15) is 0 Å². The van der Waals surface area contributed by atoms with E-state index in [9.17, 15) is 19.5 Å². The zero-order valence-electron chi connectivity index (χ0n) is 19.7. The van der Waals surface area contributed by atoms with Crippen LogP contribution in [0.4, 0.5) is 4.79 Å². The first kappa shape index (κ1) is 23.9. The molecule has 0 aliphatic heterocycles. The molecule has 1 fully saturated rings. The van der Waals surface area contributed by atoms with Gasteiger partial charge in [0.25, 0.3) is 0 Å². The van der Waals surface area contributed by atoms with E-state index >= 15 is 0 Å². The molecule has 1 saturated carbocycles. The van der Waals surface area contributed by atoms with Crippen molar-refractivity contribution in [2.45, 2.75) is 56.5 Å². The molecule has 0 saturated heterocycles. The van der Waals surface area contributed by atoms with Gasteiger partial charge < -0.3 is 20.5 Å². The average molecular weight is 482 g/mol. The van der Waals surface area contributed by atoms with Gasteiger partial charge in [-0.05, 0) is 40.9 Å². The van der Waals surface area contributed by atoms with E-state index in [4.69, 9.17) is 4.74 Å². The summed E-state index contributed by atoms with van der Waals surface area (Å²) in [5.41, 5.74) is 2.37. The van der Waals surface area contributed by atoms with Crippen LogP contribution in [0.1, 0.15) is 34.9 Å². The second-order valence-corrected chi connectivity index (χ2v) is 15.9. The monoisotopic (exact) mass is 481 g/mol. The minimum atomic E-state index is -1.40. The molecule has 2 aromatic rings. The molecule has 1 aromatic carbocycles. The number of amides is 2. The van der Waals surface area contributed by atoms with Gasteiger partial charge in [0.05, 0.1) is 24.5 Å². The number of hydrogen-bond donors (Lipinski definition) is 3. The lowest BCUT2D eigenvalue weighted by molar-refractivity contribution is -0.152. The number of urea groups is 1. The number of Topliss-reactive ketones (excluding diaryl/α,β-unsaturated/α-hetero) is 1. The van der Waals surface area contributed by atoms with Gasteiger partial charge in [-0.15, -0.1) is 0 Å². The Morgan fingerprint density at radius 3 is 2.71 bits per heavy atom. The largest absolute Gasteiger partial charge is 0.508 e. The summed E-state index contributed by atoms with van der Waals surface area (Å²) in [5, 5.41) is 15.7. The lowest BCUT2D eigenvalue weighted by Gasteiger charge is -2.47. The van der Waals surface area contributed by atoms with Gasteiger partial charge in [0.2, 0.25) is 0 Å². The van der Waals surface area contributed by atoms with Crippen molar-refractivity contribution in [1.29, 1.82) is 0 Å². The number of pyridine rings is 1. The molecular formula is C25H31N3O5Si. The summed E-state index contributed by atoms with van der Waals surface area (Å²) in [4.78, 5) is 43.1. The molecule has 180 valence electrons. The molecule has 3 aliphatic rings. The van der Waals surface area contributed by atoms with Crippen molar-refractivity contribution in [3.05, 3.63) is 59.4 Å². The SMILES string of the molecule is C[Si](C)(C)CCOC(=O)[C@H]1[C@H](NC(=O)NCc2cccnc2)[C@H]2C(=O)C[C@@H]1c1ccc(O)cc12. The molecule has 0 radical (unpaired) electrons. The second-order valence-electron chi connectivity index (χ2n) is 10.3. The van der Waals surface area contributed by atoms with E-state index < -0.39 is 43.9 Å². The van der Waals surface area contributed by atoms with Crippen LogP contribution in [0, 0.1) is 5.92 Å². The minimum Gasteiger partial charge on any atom is -0.508 e. The normalized spacial score (nSPS) is 23.2. The van der Waals surface area contributed by atoms with Crippen LogP contribution in [-0.4, -0.2) is 48.6 Å². The number of phenolic OH excluding ortho intramolecular Hbond substituents is 1. The van der Waals surface area contributed by atoms with Gasteiger partial charge in [0, 0.05) is 39.4 Å². The molecule has 1 heterocycles. The zero-order chi connectivity index (χ0) is 24.5. The number of hydrogen-bond acceptors (Lipinski definition) is 6. The minimum absolute atomic E-state index is 0.0492. The first-order valence-corrected chi connectivity index (χ1v) is 15.3. The van der Waals surface area contributed by atoms with Crippen LogP contribution in [0.15, 0.2) is 42.7 Å². The Morgan fingerprint density at radius 2 is 2.00 bits per heavy atom. The van der Waals surface area contributed by atoms with Gasteiger partial charge in [-0.1, -0.05) is 31.8 Å². The summed E-state index contributed by atoms with van der Waals surface area (Å²) in [6.07, 6.45) is 3.52. The Bertz CT molecular complexity index is 1090. The zero-order valence-corrected chi connectivity index (χ0v) is 20.7. The number of nitrogens with one attached hydrogen (secondary N) is 2. The van der Waals surface area contributed by atoms with Crippen LogP contribution in [0.25, 0.3) is 0 Å². The molecule has 4 atom stereocenters. The summed E-state index contributed by atoms with van der Waals surface area (Å²) >= 11 is 0. The van der Waals surface area contributed by atoms with Crippen molar-refractivity contribution in [3.8, 4) is 5.75 Å². The molecule has 0 unspecified atom stereocenters. The van der Waals surface area contributed by atoms with Gasteiger partial charge in [-0.3, -0.25) is 14.6 Å². The molecule has 8 nitrogen and oxygen atoms in total. The quantitative estimate of drug-likeness (QED) is 0.413. The van der Waals surface area contributed by atoms with Gasteiger partial charge in [-0.25, -0.2) is 4.79 Å². The maximum atomic E-state index is 13.3. The van der Waals surface area contributed by atoms with Crippen molar-refractivity contribution >= 4 is 25.9 Å². The van der Waals surface area contributed by atoms with E-state index in [2.05, 4.69) is 35.3 Å². The van der Waals surface area contributed by atoms with Gasteiger partial charge in [0.1, 0.15) is 11.5 Å². The number of ketones is 1. The Morgan fingerprint density at radius 1 is 1.21 bits per heavy atom. The average Bonchev–Trinajstić information content (AvgIpc) is 2.77. The van der Waals surface area contributed by atoms with E-state index in [1.165, 1.54) is 0 Å². The summed E-state index contributed by atoms with van der Waals surface area (Å²) < 4.78 is 5.68. The van der Waals surface area contributed by atoms with Crippen molar-refractivity contribution in [2.75, 3.05) is 6.61 Å². The maximum absolute atomic E-state index is 13.3. The lowest BCUT2D eigenvalue weighted by atomic mass is 9.58. The number of aromatic nitrogens is 1. The molecule has 34 heavy (non-hydrogen) atoms. The number of phenols is 1. The van der Waals surface area contributed by atoms with Gasteiger partial charge in [0.15, 0.2) is 0 Å². The van der Waals surface area contributed by atoms with E-state index in [1.54, 1.807) is 36.7 Å². The molecule has 1 aromatic heterocycles. The fraction of sp³-hybridized carbons (Fsp3) is 0.440. The van der Waals surface area contributed by atoms with Crippen LogP contribution in [-0.2, 0) is 20.9 Å². The van der Waals surface area contributed by atoms with Crippen LogP contribution < -0.4 is 10.6 Å². The molecule has 2 bridgehead atoms. The lowest BCUT2D eigenvalue weighted by Crippen LogP contribution is -2.59. The molecule has 3 aliphatic carbocycles. The van der Waals surface area contributed by atoms with Crippen molar-refractivity contribution in [3.63, 3.8) is 0 Å². The van der Waals surface area contributed by atoms with Crippen LogP contribution in [0.3, 0.4) is 0 Å². The third-order valence-corrected chi connectivity index (χ3v) is 8.30. The molecular weight excluding hydrogens is 450 g/mol. The Balaban J connectivity index is 1.57. The molecule has 2 amide bonds. The Kier molecular flexibility index (Phi) is 6.74. The fourth-order valence-electron chi connectivity index (χ4n) is 4.89. The number of nitrogens with zero attached hydrogens (tertiary/aromatic N) is 1. The number of ether oxygens (including phenoxy) is 1. The Hall–Kier alpha value is -3.20. The number of fused-ring (bicyclic) bond motifs is 2. The van der Waals surface area contributed by atoms with Crippen LogP contribution >= 0.6 is 0 Å². The summed E-state index contributed by atoms with van der Waals surface area (Å²) in [7, 11) is -1.40. The smallest absolute Gasteiger partial charge is 0.315 e. The number of carbonyl (C=O) groups excluding carboxylic acids is 3. The van der Waals surface area contributed by atoms with E-state index in [1.807, 2.05) is 6.07 Å². The van der Waals surface area contributed by atoms with Crippen molar-refractivity contribution < 1.29 is 24.2 Å². The standard InChI is InChI=1S/C25H31N3O5Si/c1-34(2,3)10-9-33-24(31)22-19-12-20(30)21(18-11-16(29)6-7-17(18)19)23(22)28-25(32)27-14-15-5-4-8-26-13-15/h4-8,11,13,19,21-23,29H,9-10,12,14H2,1-3H3,(H2,27,28,32)/t19-,21-,22-,23-/m1/s1. The number of benzene rings is 1. The van der Waals surface area contributed by atoms with E-state index in [0.717, 1.165) is 17.2 Å². The topological polar surface area (TPSA) is 118 Å². The highest BCUT2D eigenvalue weighted by molar-refractivity contribution is 6.76. The molecule has 0 spiro atoms. The van der Waals surface area contributed by atoms with Crippen molar-refractivity contribution in [1.82, 2.24) is 15.6 Å². The third-order valence-electron chi connectivity index (χ3n) is 6.59. The van der Waals surface area contributed by atoms with E-state index in [-0.39, 0.29) is 24.5 Å². The van der Waals surface area contributed by atoms with Crippen LogP contribution in [0.2, 0.25) is 25.7 Å². The number of rotatable bonds is 7. The molecule has 5 rings (SSSR count). The first-order valence-electron chi connectivity index (χ1n) is 11.6. The highest BCUT2D eigenvalue weighted by Gasteiger charge is 2.55. The predicted octanol–water partition coefficient (Wildman–Crippen LogP) is 3.31. The summed E-state index contributed by atoms with van der Waals surface area (Å²) in [5.74, 6) is -2.19. The molecule has 9 heteroatoms. The Labute approximate surface area is 200 Å². The van der Waals surface area contributed by atoms with Gasteiger partial charge >= 0.3 is 12.0 Å². The highest BCUT2D eigenvalue weighted by atomic mass is 28.3. The van der Waals surface area contributed by atoms with E-state index in [0.29, 0.717) is 12.2 Å².